The number of rotatable bonds is 3. The minimum atomic E-state index is 0.460. The fourth-order valence-corrected chi connectivity index (χ4v) is 1.34. The number of hydrogen-bond donors (Lipinski definition) is 0. The summed E-state index contributed by atoms with van der Waals surface area (Å²) >= 11 is 0. The van der Waals surface area contributed by atoms with E-state index in [2.05, 4.69) is 28.9 Å². The van der Waals surface area contributed by atoms with Crippen molar-refractivity contribution < 1.29 is 0 Å². The SMILES string of the molecule is CCC(C)c1ccnc(-n2cccn2)n1. The summed E-state index contributed by atoms with van der Waals surface area (Å²) in [4.78, 5) is 8.66. The Morgan fingerprint density at radius 2 is 2.27 bits per heavy atom. The largest absolute Gasteiger partial charge is 0.250 e. The Morgan fingerprint density at radius 3 is 2.93 bits per heavy atom. The van der Waals surface area contributed by atoms with Crippen molar-refractivity contribution in [1.82, 2.24) is 19.7 Å². The van der Waals surface area contributed by atoms with Crippen LogP contribution in [0.15, 0.2) is 30.7 Å². The van der Waals surface area contributed by atoms with Crippen LogP contribution in [0.2, 0.25) is 0 Å². The van der Waals surface area contributed by atoms with Crippen LogP contribution in [0.3, 0.4) is 0 Å². The summed E-state index contributed by atoms with van der Waals surface area (Å²) in [5.74, 6) is 1.10. The lowest BCUT2D eigenvalue weighted by molar-refractivity contribution is 0.689. The molecule has 2 aromatic rings. The van der Waals surface area contributed by atoms with Crippen molar-refractivity contribution in [3.05, 3.63) is 36.4 Å². The van der Waals surface area contributed by atoms with Gasteiger partial charge in [0.25, 0.3) is 5.95 Å². The molecule has 0 amide bonds. The molecule has 78 valence electrons. The molecule has 0 aromatic carbocycles. The van der Waals surface area contributed by atoms with E-state index < -0.39 is 0 Å². The molecule has 0 N–H and O–H groups in total. The van der Waals surface area contributed by atoms with Crippen LogP contribution in [0, 0.1) is 0 Å². The van der Waals surface area contributed by atoms with E-state index in [9.17, 15) is 0 Å². The van der Waals surface area contributed by atoms with Crippen LogP contribution >= 0.6 is 0 Å². The van der Waals surface area contributed by atoms with E-state index in [0.717, 1.165) is 12.1 Å². The topological polar surface area (TPSA) is 43.6 Å². The van der Waals surface area contributed by atoms with E-state index in [1.54, 1.807) is 17.1 Å². The summed E-state index contributed by atoms with van der Waals surface area (Å²) < 4.78 is 1.67. The molecule has 2 rings (SSSR count). The van der Waals surface area contributed by atoms with Crippen molar-refractivity contribution in [2.45, 2.75) is 26.2 Å². The first-order valence-corrected chi connectivity index (χ1v) is 5.14. The van der Waals surface area contributed by atoms with Gasteiger partial charge >= 0.3 is 0 Å². The lowest BCUT2D eigenvalue weighted by Crippen LogP contribution is -2.05. The van der Waals surface area contributed by atoms with E-state index in [0.29, 0.717) is 11.9 Å². The maximum atomic E-state index is 4.48. The summed E-state index contributed by atoms with van der Waals surface area (Å²) in [7, 11) is 0. The van der Waals surface area contributed by atoms with Crippen LogP contribution in [-0.2, 0) is 0 Å². The maximum Gasteiger partial charge on any atom is 0.250 e. The second kappa shape index (κ2) is 4.21. The van der Waals surface area contributed by atoms with Gasteiger partial charge in [-0.1, -0.05) is 13.8 Å². The molecule has 1 unspecified atom stereocenters. The van der Waals surface area contributed by atoms with Crippen molar-refractivity contribution in [2.24, 2.45) is 0 Å². The number of nitrogens with zero attached hydrogens (tertiary/aromatic N) is 4. The van der Waals surface area contributed by atoms with Crippen molar-refractivity contribution >= 4 is 0 Å². The lowest BCUT2D eigenvalue weighted by atomic mass is 10.1. The normalized spacial score (nSPS) is 12.7. The molecule has 0 bridgehead atoms. The van der Waals surface area contributed by atoms with Crippen LogP contribution in [0.4, 0.5) is 0 Å². The van der Waals surface area contributed by atoms with Gasteiger partial charge in [0, 0.05) is 24.3 Å². The van der Waals surface area contributed by atoms with Crippen LogP contribution in [0.25, 0.3) is 5.95 Å². The van der Waals surface area contributed by atoms with E-state index in [-0.39, 0.29) is 0 Å². The fraction of sp³-hybridized carbons (Fsp3) is 0.364. The molecule has 0 spiro atoms. The molecule has 2 heterocycles. The molecule has 0 aliphatic heterocycles. The molecule has 0 fully saturated rings. The number of hydrogen-bond acceptors (Lipinski definition) is 3. The minimum absolute atomic E-state index is 0.460. The van der Waals surface area contributed by atoms with Gasteiger partial charge in [-0.05, 0) is 24.5 Å². The third-order valence-electron chi connectivity index (χ3n) is 2.49. The highest BCUT2D eigenvalue weighted by Gasteiger charge is 2.06. The Morgan fingerprint density at radius 1 is 1.40 bits per heavy atom. The zero-order chi connectivity index (χ0) is 10.7. The minimum Gasteiger partial charge on any atom is -0.220 e. The van der Waals surface area contributed by atoms with Crippen molar-refractivity contribution in [2.75, 3.05) is 0 Å². The molecule has 15 heavy (non-hydrogen) atoms. The highest BCUT2D eigenvalue weighted by Crippen LogP contribution is 2.15. The van der Waals surface area contributed by atoms with E-state index >= 15 is 0 Å². The quantitative estimate of drug-likeness (QED) is 0.766. The molecule has 1 atom stereocenters. The zero-order valence-electron chi connectivity index (χ0n) is 8.96. The average molecular weight is 202 g/mol. The molecule has 0 saturated carbocycles. The smallest absolute Gasteiger partial charge is 0.220 e. The summed E-state index contributed by atoms with van der Waals surface area (Å²) in [6, 6.07) is 3.82. The maximum absolute atomic E-state index is 4.48. The molecule has 4 nitrogen and oxygen atoms in total. The highest BCUT2D eigenvalue weighted by molar-refractivity contribution is 5.15. The van der Waals surface area contributed by atoms with Crippen molar-refractivity contribution in [1.29, 1.82) is 0 Å². The van der Waals surface area contributed by atoms with Gasteiger partial charge in [-0.25, -0.2) is 14.6 Å². The van der Waals surface area contributed by atoms with E-state index in [1.165, 1.54) is 0 Å². The highest BCUT2D eigenvalue weighted by atomic mass is 15.3. The van der Waals surface area contributed by atoms with E-state index in [1.807, 2.05) is 18.3 Å². The monoisotopic (exact) mass is 202 g/mol. The van der Waals surface area contributed by atoms with E-state index in [4.69, 9.17) is 0 Å². The van der Waals surface area contributed by atoms with Crippen LogP contribution in [0.5, 0.6) is 0 Å². The standard InChI is InChI=1S/C11H14N4/c1-3-9(2)10-5-7-12-11(14-10)15-8-4-6-13-15/h4-9H,3H2,1-2H3. The summed E-state index contributed by atoms with van der Waals surface area (Å²) in [5, 5.41) is 4.10. The Labute approximate surface area is 89.0 Å². The molecule has 0 aliphatic rings. The van der Waals surface area contributed by atoms with Gasteiger partial charge in [0.1, 0.15) is 0 Å². The van der Waals surface area contributed by atoms with Gasteiger partial charge in [-0.15, -0.1) is 0 Å². The molecular formula is C11H14N4. The molecule has 4 heteroatoms. The lowest BCUT2D eigenvalue weighted by Gasteiger charge is -2.08. The Hall–Kier alpha value is -1.71. The van der Waals surface area contributed by atoms with Crippen LogP contribution in [0.1, 0.15) is 31.9 Å². The average Bonchev–Trinajstić information content (AvgIpc) is 2.82. The van der Waals surface area contributed by atoms with Crippen LogP contribution < -0.4 is 0 Å². The van der Waals surface area contributed by atoms with Gasteiger partial charge in [-0.3, -0.25) is 0 Å². The first-order chi connectivity index (χ1) is 7.31. The predicted octanol–water partition coefficient (Wildman–Crippen LogP) is 2.18. The Balaban J connectivity index is 2.35. The second-order valence-corrected chi connectivity index (χ2v) is 3.54. The Bertz CT molecular complexity index is 422. The molecule has 0 saturated heterocycles. The predicted molar refractivity (Wildman–Crippen MR) is 57.9 cm³/mol. The van der Waals surface area contributed by atoms with Crippen molar-refractivity contribution in [3.63, 3.8) is 0 Å². The zero-order valence-corrected chi connectivity index (χ0v) is 8.96. The number of aromatic nitrogens is 4. The van der Waals surface area contributed by atoms with Gasteiger partial charge in [0.05, 0.1) is 0 Å². The first kappa shape index (κ1) is 9.83. The van der Waals surface area contributed by atoms with Gasteiger partial charge in [-0.2, -0.15) is 5.10 Å². The summed E-state index contributed by atoms with van der Waals surface area (Å²) in [5.41, 5.74) is 1.07. The third kappa shape index (κ3) is 2.03. The summed E-state index contributed by atoms with van der Waals surface area (Å²) in [6.45, 7) is 4.32. The molecule has 0 aliphatic carbocycles. The second-order valence-electron chi connectivity index (χ2n) is 3.54. The van der Waals surface area contributed by atoms with Gasteiger partial charge in [0.15, 0.2) is 0 Å². The molecular weight excluding hydrogens is 188 g/mol. The molecule has 2 aromatic heterocycles. The van der Waals surface area contributed by atoms with Gasteiger partial charge in [0.2, 0.25) is 0 Å². The summed E-state index contributed by atoms with van der Waals surface area (Å²) in [6.07, 6.45) is 6.43. The first-order valence-electron chi connectivity index (χ1n) is 5.14. The Kier molecular flexibility index (Phi) is 2.76. The third-order valence-corrected chi connectivity index (χ3v) is 2.49. The van der Waals surface area contributed by atoms with Crippen molar-refractivity contribution in [3.8, 4) is 5.95 Å². The van der Waals surface area contributed by atoms with Gasteiger partial charge < -0.3 is 0 Å². The fourth-order valence-electron chi connectivity index (χ4n) is 1.34. The molecule has 0 radical (unpaired) electrons. The van der Waals surface area contributed by atoms with Crippen LogP contribution in [-0.4, -0.2) is 19.7 Å².